The monoisotopic (exact) mass is 574 g/mol. The van der Waals surface area contributed by atoms with Gasteiger partial charge in [0.25, 0.3) is 5.91 Å². The van der Waals surface area contributed by atoms with Crippen LogP contribution in [0.5, 0.6) is 0 Å². The first-order chi connectivity index (χ1) is 19.0. The van der Waals surface area contributed by atoms with Gasteiger partial charge in [-0.15, -0.1) is 11.3 Å². The summed E-state index contributed by atoms with van der Waals surface area (Å²) in [5, 5.41) is 13.6. The van der Waals surface area contributed by atoms with E-state index in [0.717, 1.165) is 30.4 Å². The van der Waals surface area contributed by atoms with Crippen LogP contribution in [0.2, 0.25) is 5.02 Å². The molecule has 1 aliphatic carbocycles. The molecule has 1 amide bonds. The Labute approximate surface area is 242 Å². The number of benzene rings is 2. The molecule has 0 fully saturated rings. The lowest BCUT2D eigenvalue weighted by Crippen LogP contribution is -2.27. The van der Waals surface area contributed by atoms with Gasteiger partial charge in [0, 0.05) is 21.2 Å². The van der Waals surface area contributed by atoms with Gasteiger partial charge in [0.2, 0.25) is 0 Å². The highest BCUT2D eigenvalue weighted by atomic mass is 35.5. The molecule has 2 heterocycles. The number of carboxylic acid groups (broad SMARTS) is 1. The third kappa shape index (κ3) is 5.91. The Kier molecular flexibility index (Phi) is 7.71. The van der Waals surface area contributed by atoms with E-state index in [4.69, 9.17) is 21.0 Å². The molecule has 206 valence electrons. The van der Waals surface area contributed by atoms with Crippen molar-refractivity contribution in [2.45, 2.75) is 47.0 Å². The van der Waals surface area contributed by atoms with Crippen LogP contribution in [0, 0.1) is 18.3 Å². The van der Waals surface area contributed by atoms with Crippen molar-refractivity contribution in [2.24, 2.45) is 16.3 Å². The van der Waals surface area contributed by atoms with Gasteiger partial charge < -0.3 is 14.8 Å². The van der Waals surface area contributed by atoms with Gasteiger partial charge in [0.15, 0.2) is 0 Å². The van der Waals surface area contributed by atoms with Crippen molar-refractivity contribution in [3.63, 3.8) is 0 Å². The van der Waals surface area contributed by atoms with Crippen LogP contribution in [0.25, 0.3) is 11.3 Å². The summed E-state index contributed by atoms with van der Waals surface area (Å²) >= 11 is 7.59. The standard InChI is InChI=1S/C32H31ClN2O4S/c1-18-5-6-19(31(37)38)15-25(18)26-14-12-23(39-26)17-34-30-28(29(36)35-22-10-8-21(33)9-11-22)24-13-7-20(32(2,3)4)16-27(24)40-30/h5-6,8-12,14-15,17,20H,7,13,16H2,1-4H3,(H,35,36)(H,37,38)/t20-/m0/s1. The summed E-state index contributed by atoms with van der Waals surface area (Å²) in [4.78, 5) is 31.0. The second-order valence-electron chi connectivity index (χ2n) is 11.2. The topological polar surface area (TPSA) is 91.9 Å². The molecule has 0 radical (unpaired) electrons. The molecule has 5 rings (SSSR count). The Balaban J connectivity index is 1.47. The van der Waals surface area contributed by atoms with Crippen molar-refractivity contribution in [3.8, 4) is 11.3 Å². The SMILES string of the molecule is Cc1ccc(C(=O)O)cc1-c1ccc(C=Nc2sc3c(c2C(=O)Nc2ccc(Cl)cc2)CC[C@H](C(C)(C)C)C3)o1. The molecule has 0 saturated carbocycles. The summed E-state index contributed by atoms with van der Waals surface area (Å²) in [5.41, 5.74) is 4.34. The van der Waals surface area contributed by atoms with Crippen LogP contribution in [-0.4, -0.2) is 23.2 Å². The van der Waals surface area contributed by atoms with Gasteiger partial charge in [0.05, 0.1) is 17.3 Å². The normalized spacial score (nSPS) is 15.3. The minimum Gasteiger partial charge on any atom is -0.478 e. The zero-order valence-electron chi connectivity index (χ0n) is 22.9. The second-order valence-corrected chi connectivity index (χ2v) is 12.8. The van der Waals surface area contributed by atoms with E-state index >= 15 is 0 Å². The zero-order valence-corrected chi connectivity index (χ0v) is 24.4. The molecule has 0 bridgehead atoms. The maximum Gasteiger partial charge on any atom is 0.335 e. The van der Waals surface area contributed by atoms with Crippen molar-refractivity contribution < 1.29 is 19.1 Å². The van der Waals surface area contributed by atoms with E-state index in [1.165, 1.54) is 4.88 Å². The number of furan rings is 1. The number of fused-ring (bicyclic) bond motifs is 1. The minimum absolute atomic E-state index is 0.178. The predicted molar refractivity (Wildman–Crippen MR) is 162 cm³/mol. The summed E-state index contributed by atoms with van der Waals surface area (Å²) < 4.78 is 6.03. The second kappa shape index (κ2) is 11.1. The van der Waals surface area contributed by atoms with Crippen LogP contribution in [-0.2, 0) is 12.8 Å². The van der Waals surface area contributed by atoms with E-state index in [1.54, 1.807) is 72.1 Å². The third-order valence-electron chi connectivity index (χ3n) is 7.49. The quantitative estimate of drug-likeness (QED) is 0.225. The third-order valence-corrected chi connectivity index (χ3v) is 8.90. The maximum atomic E-state index is 13.6. The summed E-state index contributed by atoms with van der Waals surface area (Å²) in [6, 6.07) is 15.6. The first-order valence-electron chi connectivity index (χ1n) is 13.2. The van der Waals surface area contributed by atoms with E-state index in [2.05, 4.69) is 26.1 Å². The molecule has 6 nitrogen and oxygen atoms in total. The molecule has 2 aromatic carbocycles. The average molecular weight is 575 g/mol. The number of hydrogen-bond acceptors (Lipinski definition) is 5. The highest BCUT2D eigenvalue weighted by Gasteiger charge is 2.33. The number of carbonyl (C=O) groups excluding carboxylic acids is 1. The maximum absolute atomic E-state index is 13.6. The zero-order chi connectivity index (χ0) is 28.6. The van der Waals surface area contributed by atoms with Gasteiger partial charge in [-0.05, 0) is 97.2 Å². The number of nitrogens with one attached hydrogen (secondary N) is 1. The number of halogens is 1. The lowest BCUT2D eigenvalue weighted by Gasteiger charge is -2.33. The number of aliphatic imine (C=N–C) groups is 1. The molecule has 8 heteroatoms. The van der Waals surface area contributed by atoms with Gasteiger partial charge in [-0.3, -0.25) is 4.79 Å². The summed E-state index contributed by atoms with van der Waals surface area (Å²) in [5.74, 6) is 0.413. The molecule has 0 spiro atoms. The fourth-order valence-electron chi connectivity index (χ4n) is 5.07. The number of rotatable bonds is 6. The molecule has 40 heavy (non-hydrogen) atoms. The van der Waals surface area contributed by atoms with E-state index in [1.807, 2.05) is 6.92 Å². The smallest absolute Gasteiger partial charge is 0.335 e. The number of aryl methyl sites for hydroxylation is 1. The molecule has 4 aromatic rings. The van der Waals surface area contributed by atoms with E-state index in [-0.39, 0.29) is 16.9 Å². The summed E-state index contributed by atoms with van der Waals surface area (Å²) in [6.07, 6.45) is 4.40. The Bertz CT molecular complexity index is 1610. The van der Waals surface area contributed by atoms with Crippen LogP contribution in [0.4, 0.5) is 10.7 Å². The van der Waals surface area contributed by atoms with E-state index < -0.39 is 5.97 Å². The first kappa shape index (κ1) is 27.9. The molecular weight excluding hydrogens is 544 g/mol. The summed E-state index contributed by atoms with van der Waals surface area (Å²) in [7, 11) is 0. The number of thiophene rings is 1. The molecule has 0 unspecified atom stereocenters. The van der Waals surface area contributed by atoms with E-state index in [9.17, 15) is 14.7 Å². The molecule has 0 saturated heterocycles. The molecular formula is C32H31ClN2O4S. The van der Waals surface area contributed by atoms with Crippen molar-refractivity contribution in [2.75, 3.05) is 5.32 Å². The predicted octanol–water partition coefficient (Wildman–Crippen LogP) is 8.82. The lowest BCUT2D eigenvalue weighted by atomic mass is 9.72. The van der Waals surface area contributed by atoms with Crippen LogP contribution >= 0.6 is 22.9 Å². The number of carboxylic acids is 1. The minimum atomic E-state index is -0.991. The Hall–Kier alpha value is -3.68. The lowest BCUT2D eigenvalue weighted by molar-refractivity contribution is 0.0696. The van der Waals surface area contributed by atoms with Crippen molar-refractivity contribution >= 4 is 51.7 Å². The van der Waals surface area contributed by atoms with Crippen LogP contribution in [0.1, 0.15) is 69.7 Å². The Morgan fingerprint density at radius 2 is 1.88 bits per heavy atom. The van der Waals surface area contributed by atoms with Gasteiger partial charge in [0.1, 0.15) is 16.5 Å². The van der Waals surface area contributed by atoms with Gasteiger partial charge in [-0.25, -0.2) is 9.79 Å². The molecule has 2 aromatic heterocycles. The number of nitrogens with zero attached hydrogens (tertiary/aromatic N) is 1. The van der Waals surface area contributed by atoms with Crippen molar-refractivity contribution in [1.82, 2.24) is 0 Å². The number of carbonyl (C=O) groups is 2. The molecule has 1 atom stereocenters. The fraction of sp³-hybridized carbons (Fsp3) is 0.281. The number of amides is 1. The van der Waals surface area contributed by atoms with Crippen molar-refractivity contribution in [3.05, 3.63) is 92.5 Å². The highest BCUT2D eigenvalue weighted by Crippen LogP contribution is 2.45. The molecule has 0 aliphatic heterocycles. The number of aromatic carboxylic acids is 1. The van der Waals surface area contributed by atoms with Crippen LogP contribution in [0.3, 0.4) is 0 Å². The molecule has 1 aliphatic rings. The number of anilines is 1. The van der Waals surface area contributed by atoms with Crippen LogP contribution < -0.4 is 5.32 Å². The van der Waals surface area contributed by atoms with Crippen LogP contribution in [0.15, 0.2) is 64.0 Å². The number of hydrogen-bond donors (Lipinski definition) is 2. The Morgan fingerprint density at radius 3 is 2.58 bits per heavy atom. The largest absolute Gasteiger partial charge is 0.478 e. The average Bonchev–Trinajstić information content (AvgIpc) is 3.52. The highest BCUT2D eigenvalue weighted by molar-refractivity contribution is 7.16. The van der Waals surface area contributed by atoms with Gasteiger partial charge in [-0.2, -0.15) is 0 Å². The van der Waals surface area contributed by atoms with E-state index in [0.29, 0.717) is 44.3 Å². The van der Waals surface area contributed by atoms with Gasteiger partial charge in [-0.1, -0.05) is 38.4 Å². The molecule has 2 N–H and O–H groups in total. The first-order valence-corrected chi connectivity index (χ1v) is 14.4. The fourth-order valence-corrected chi connectivity index (χ4v) is 6.47. The van der Waals surface area contributed by atoms with Crippen molar-refractivity contribution in [1.29, 1.82) is 0 Å². The summed E-state index contributed by atoms with van der Waals surface area (Å²) in [6.45, 7) is 8.72. The van der Waals surface area contributed by atoms with Gasteiger partial charge >= 0.3 is 5.97 Å². The Morgan fingerprint density at radius 1 is 1.12 bits per heavy atom.